The van der Waals surface area contributed by atoms with Crippen LogP contribution in [0, 0.1) is 5.92 Å². The number of anilines is 1. The summed E-state index contributed by atoms with van der Waals surface area (Å²) in [5.74, 6) is 0.709. The fourth-order valence-corrected chi connectivity index (χ4v) is 3.12. The second-order valence-electron chi connectivity index (χ2n) is 6.37. The van der Waals surface area contributed by atoms with Crippen LogP contribution < -0.4 is 15.8 Å². The molecular weight excluding hydrogens is 387 g/mol. The van der Waals surface area contributed by atoms with Gasteiger partial charge in [0.1, 0.15) is 12.4 Å². The molecule has 1 atom stereocenters. The molecule has 3 rings (SSSR count). The van der Waals surface area contributed by atoms with Crippen LogP contribution in [0.4, 0.5) is 5.69 Å². The van der Waals surface area contributed by atoms with Crippen molar-refractivity contribution in [3.8, 4) is 5.75 Å². The monoisotopic (exact) mass is 410 g/mol. The molecule has 7 heteroatoms. The van der Waals surface area contributed by atoms with Crippen molar-refractivity contribution in [1.29, 1.82) is 0 Å². The first-order valence-electron chi connectivity index (χ1n) is 8.74. The number of benzene rings is 2. The number of hydrogen-bond donors (Lipinski definition) is 2. The van der Waals surface area contributed by atoms with Gasteiger partial charge in [0.2, 0.25) is 5.91 Å². The van der Waals surface area contributed by atoms with Crippen LogP contribution in [0.3, 0.4) is 0 Å². The number of amides is 1. The van der Waals surface area contributed by atoms with Gasteiger partial charge in [0, 0.05) is 29.5 Å². The summed E-state index contributed by atoms with van der Waals surface area (Å²) in [6.07, 6.45) is 1.65. The molecule has 1 aliphatic rings. The van der Waals surface area contributed by atoms with Gasteiger partial charge in [0.25, 0.3) is 0 Å². The summed E-state index contributed by atoms with van der Waals surface area (Å²) >= 11 is 6.12. The molecule has 0 radical (unpaired) electrons. The Kier molecular flexibility index (Phi) is 8.38. The van der Waals surface area contributed by atoms with Gasteiger partial charge in [0.05, 0.1) is 6.04 Å². The molecule has 27 heavy (non-hydrogen) atoms. The van der Waals surface area contributed by atoms with Gasteiger partial charge < -0.3 is 20.5 Å². The number of rotatable bonds is 6. The van der Waals surface area contributed by atoms with Crippen molar-refractivity contribution in [3.05, 3.63) is 59.1 Å². The Balaban J connectivity index is 0.00000261. The molecule has 1 aliphatic heterocycles. The molecule has 0 bridgehead atoms. The molecule has 1 heterocycles. The Morgan fingerprint density at radius 1 is 1.19 bits per heavy atom. The average molecular weight is 411 g/mol. The third kappa shape index (κ3) is 6.11. The molecule has 0 aromatic heterocycles. The second kappa shape index (κ2) is 10.5. The molecule has 1 amide bonds. The molecule has 0 spiro atoms. The highest BCUT2D eigenvalue weighted by Gasteiger charge is 2.26. The fraction of sp³-hybridized carbons (Fsp3) is 0.350. The van der Waals surface area contributed by atoms with E-state index in [2.05, 4.69) is 5.32 Å². The molecule has 1 saturated heterocycles. The Bertz CT molecular complexity index is 734. The van der Waals surface area contributed by atoms with E-state index in [0.717, 1.165) is 18.4 Å². The van der Waals surface area contributed by atoms with E-state index in [1.807, 2.05) is 36.4 Å². The van der Waals surface area contributed by atoms with Crippen molar-refractivity contribution in [3.63, 3.8) is 0 Å². The Morgan fingerprint density at radius 3 is 2.52 bits per heavy atom. The predicted octanol–water partition coefficient (Wildman–Crippen LogP) is 4.03. The first-order chi connectivity index (χ1) is 12.6. The van der Waals surface area contributed by atoms with Crippen molar-refractivity contribution in [1.82, 2.24) is 0 Å². The van der Waals surface area contributed by atoms with Crippen LogP contribution >= 0.6 is 24.0 Å². The normalized spacial score (nSPS) is 15.5. The molecule has 2 aromatic rings. The minimum Gasteiger partial charge on any atom is -0.489 e. The van der Waals surface area contributed by atoms with Crippen molar-refractivity contribution in [2.24, 2.45) is 11.7 Å². The van der Waals surface area contributed by atoms with Gasteiger partial charge in [-0.15, -0.1) is 12.4 Å². The topological polar surface area (TPSA) is 73.6 Å². The van der Waals surface area contributed by atoms with Crippen LogP contribution in [0.15, 0.2) is 48.5 Å². The molecular formula is C20H24Cl2N2O3. The van der Waals surface area contributed by atoms with Crippen LogP contribution in [-0.2, 0) is 16.1 Å². The van der Waals surface area contributed by atoms with E-state index in [1.165, 1.54) is 0 Å². The van der Waals surface area contributed by atoms with Gasteiger partial charge in [-0.3, -0.25) is 4.79 Å². The third-order valence-corrected chi connectivity index (χ3v) is 4.92. The quantitative estimate of drug-likeness (QED) is 0.753. The summed E-state index contributed by atoms with van der Waals surface area (Å²) in [7, 11) is 0. The number of nitrogens with two attached hydrogens (primary N) is 1. The van der Waals surface area contributed by atoms with Gasteiger partial charge in [-0.05, 0) is 49.1 Å². The summed E-state index contributed by atoms with van der Waals surface area (Å²) in [6.45, 7) is 1.73. The van der Waals surface area contributed by atoms with Crippen molar-refractivity contribution < 1.29 is 14.3 Å². The zero-order chi connectivity index (χ0) is 18.4. The van der Waals surface area contributed by atoms with Gasteiger partial charge in [-0.2, -0.15) is 0 Å². The number of carbonyl (C=O) groups excluding carboxylic acids is 1. The maximum absolute atomic E-state index is 12.3. The molecule has 0 aliphatic carbocycles. The Morgan fingerprint density at radius 2 is 1.85 bits per heavy atom. The lowest BCUT2D eigenvalue weighted by atomic mass is 9.92. The van der Waals surface area contributed by atoms with Crippen molar-refractivity contribution >= 4 is 35.6 Å². The van der Waals surface area contributed by atoms with Crippen LogP contribution in [-0.4, -0.2) is 25.2 Å². The zero-order valence-corrected chi connectivity index (χ0v) is 16.5. The number of halogens is 2. The molecule has 0 saturated carbocycles. The number of ether oxygens (including phenoxy) is 2. The SMILES string of the molecule is Cl.NC(C(=O)Nc1ccc(OCc2ccccc2Cl)cc1)C1CCOCC1. The molecule has 146 valence electrons. The molecule has 5 nitrogen and oxygen atoms in total. The largest absolute Gasteiger partial charge is 0.489 e. The van der Waals surface area contributed by atoms with E-state index in [4.69, 9.17) is 26.8 Å². The first-order valence-corrected chi connectivity index (χ1v) is 9.12. The van der Waals surface area contributed by atoms with Crippen LogP contribution in [0.1, 0.15) is 18.4 Å². The van der Waals surface area contributed by atoms with Crippen LogP contribution in [0.2, 0.25) is 5.02 Å². The molecule has 3 N–H and O–H groups in total. The highest BCUT2D eigenvalue weighted by molar-refractivity contribution is 6.31. The number of carbonyl (C=O) groups is 1. The zero-order valence-electron chi connectivity index (χ0n) is 14.9. The highest BCUT2D eigenvalue weighted by Crippen LogP contribution is 2.22. The van der Waals surface area contributed by atoms with E-state index in [-0.39, 0.29) is 24.2 Å². The van der Waals surface area contributed by atoms with Gasteiger partial charge in [-0.1, -0.05) is 29.8 Å². The summed E-state index contributed by atoms with van der Waals surface area (Å²) in [4.78, 5) is 12.3. The minimum absolute atomic E-state index is 0. The lowest BCUT2D eigenvalue weighted by molar-refractivity contribution is -0.119. The predicted molar refractivity (Wildman–Crippen MR) is 110 cm³/mol. The summed E-state index contributed by atoms with van der Waals surface area (Å²) < 4.78 is 11.1. The van der Waals surface area contributed by atoms with E-state index >= 15 is 0 Å². The smallest absolute Gasteiger partial charge is 0.241 e. The van der Waals surface area contributed by atoms with Gasteiger partial charge in [0.15, 0.2) is 0 Å². The maximum atomic E-state index is 12.3. The van der Waals surface area contributed by atoms with Gasteiger partial charge in [-0.25, -0.2) is 0 Å². The van der Waals surface area contributed by atoms with E-state index in [1.54, 1.807) is 12.1 Å². The van der Waals surface area contributed by atoms with Crippen molar-refractivity contribution in [2.75, 3.05) is 18.5 Å². The third-order valence-electron chi connectivity index (χ3n) is 4.55. The summed E-state index contributed by atoms with van der Waals surface area (Å²) in [6, 6.07) is 14.3. The van der Waals surface area contributed by atoms with Gasteiger partial charge >= 0.3 is 0 Å². The minimum atomic E-state index is -0.518. The Labute approximate surface area is 170 Å². The Hall–Kier alpha value is -1.79. The van der Waals surface area contributed by atoms with E-state index in [0.29, 0.717) is 36.3 Å². The molecule has 1 unspecified atom stereocenters. The standard InChI is InChI=1S/C20H23ClN2O3.ClH/c21-18-4-2-1-3-15(18)13-26-17-7-5-16(6-8-17)23-20(24)19(22)14-9-11-25-12-10-14;/h1-8,14,19H,9-13,22H2,(H,23,24);1H. The number of hydrogen-bond acceptors (Lipinski definition) is 4. The average Bonchev–Trinajstić information content (AvgIpc) is 2.68. The number of nitrogens with one attached hydrogen (secondary N) is 1. The second-order valence-corrected chi connectivity index (χ2v) is 6.78. The lowest BCUT2D eigenvalue weighted by Gasteiger charge is -2.26. The lowest BCUT2D eigenvalue weighted by Crippen LogP contribution is -2.43. The van der Waals surface area contributed by atoms with E-state index in [9.17, 15) is 4.79 Å². The van der Waals surface area contributed by atoms with Crippen molar-refractivity contribution in [2.45, 2.75) is 25.5 Å². The maximum Gasteiger partial charge on any atom is 0.241 e. The summed E-state index contributed by atoms with van der Waals surface area (Å²) in [5, 5.41) is 3.55. The first kappa shape index (κ1) is 21.5. The van der Waals surface area contributed by atoms with Crippen LogP contribution in [0.25, 0.3) is 0 Å². The van der Waals surface area contributed by atoms with E-state index < -0.39 is 6.04 Å². The molecule has 2 aromatic carbocycles. The van der Waals surface area contributed by atoms with Crippen LogP contribution in [0.5, 0.6) is 5.75 Å². The fourth-order valence-electron chi connectivity index (χ4n) is 2.93. The summed E-state index contributed by atoms with van der Waals surface area (Å²) in [5.41, 5.74) is 7.71. The molecule has 1 fully saturated rings. The highest BCUT2D eigenvalue weighted by atomic mass is 35.5.